The molecule has 0 aliphatic rings. The Labute approximate surface area is 406 Å². The molecule has 386 valence electrons. The number of nitrogens with zero attached hydrogens (tertiary/aromatic N) is 1. The maximum absolute atomic E-state index is 13.2. The summed E-state index contributed by atoms with van der Waals surface area (Å²) in [6.45, 7) is 10.6. The van der Waals surface area contributed by atoms with Gasteiger partial charge in [-0.25, -0.2) is 0 Å². The van der Waals surface area contributed by atoms with Crippen LogP contribution in [0.15, 0.2) is 0 Å². The van der Waals surface area contributed by atoms with E-state index in [0.29, 0.717) is 24.7 Å². The van der Waals surface area contributed by atoms with Crippen LogP contribution in [-0.2, 0) is 23.9 Å². The maximum Gasteiger partial charge on any atom is 0.308 e. The van der Waals surface area contributed by atoms with Crippen molar-refractivity contribution in [2.24, 2.45) is 11.8 Å². The van der Waals surface area contributed by atoms with Crippen LogP contribution in [0.5, 0.6) is 0 Å². The van der Waals surface area contributed by atoms with Gasteiger partial charge in [-0.3, -0.25) is 14.4 Å². The second-order valence-corrected chi connectivity index (χ2v) is 20.8. The van der Waals surface area contributed by atoms with Crippen molar-refractivity contribution in [1.82, 2.24) is 4.90 Å². The van der Waals surface area contributed by atoms with E-state index in [2.05, 4.69) is 46.7 Å². The van der Waals surface area contributed by atoms with Crippen molar-refractivity contribution in [2.75, 3.05) is 27.2 Å². The predicted octanol–water partition coefficient (Wildman–Crippen LogP) is 18.4. The molecule has 0 aromatic rings. The lowest BCUT2D eigenvalue weighted by Crippen LogP contribution is -2.19. The first-order valence-electron chi connectivity index (χ1n) is 29.3. The van der Waals surface area contributed by atoms with Crippen molar-refractivity contribution >= 4 is 17.7 Å². The molecule has 0 aromatic carbocycles. The zero-order valence-corrected chi connectivity index (χ0v) is 45.0. The molecule has 0 bridgehead atoms. The molecule has 3 atom stereocenters. The van der Waals surface area contributed by atoms with E-state index in [9.17, 15) is 14.4 Å². The van der Waals surface area contributed by atoms with Gasteiger partial charge >= 0.3 is 11.9 Å². The lowest BCUT2D eigenvalue weighted by molar-refractivity contribution is -0.150. The van der Waals surface area contributed by atoms with Gasteiger partial charge in [0.2, 0.25) is 0 Å². The quantitative estimate of drug-likeness (QED) is 0.0447. The first-order chi connectivity index (χ1) is 31.8. The molecule has 0 amide bonds. The molecule has 0 N–H and O–H groups in total. The van der Waals surface area contributed by atoms with E-state index in [1.54, 1.807) is 0 Å². The summed E-state index contributed by atoms with van der Waals surface area (Å²) in [5.74, 6) is 1.01. The van der Waals surface area contributed by atoms with Crippen molar-refractivity contribution < 1.29 is 23.9 Å². The first kappa shape index (κ1) is 63.6. The molecule has 0 rings (SSSR count). The SMILES string of the molecule is CCCCCCCCC(CCCCCC)C(=O)CCCCCCCCCCC(CCCCCCCCCOC(=O)C(CCCCCC)CCCCCCCC)OC(=O)CCCCN(C)C. The van der Waals surface area contributed by atoms with Crippen LogP contribution in [0.4, 0.5) is 0 Å². The Kier molecular flexibility index (Phi) is 49.3. The molecule has 0 aliphatic heterocycles. The smallest absolute Gasteiger partial charge is 0.308 e. The molecule has 0 radical (unpaired) electrons. The normalized spacial score (nSPS) is 13.0. The fraction of sp³-hybridized carbons (Fsp3) is 0.949. The van der Waals surface area contributed by atoms with Gasteiger partial charge in [0, 0.05) is 18.8 Å². The van der Waals surface area contributed by atoms with Crippen LogP contribution in [0.1, 0.15) is 317 Å². The van der Waals surface area contributed by atoms with Crippen molar-refractivity contribution in [3.8, 4) is 0 Å². The van der Waals surface area contributed by atoms with Gasteiger partial charge in [0.25, 0.3) is 0 Å². The molecule has 0 heterocycles. The fourth-order valence-electron chi connectivity index (χ4n) is 9.61. The number of carbonyl (C=O) groups excluding carboxylic acids is 3. The minimum Gasteiger partial charge on any atom is -0.465 e. The molecule has 0 aliphatic carbocycles. The summed E-state index contributed by atoms with van der Waals surface area (Å²) in [6.07, 6.45) is 52.6. The standard InChI is InChI=1S/C59H115NO5/c1-7-11-15-19-28-36-45-54(44-34-17-13-9-3)57(61)50-40-32-26-22-21-24-30-38-48-56(65-58(62)51-41-42-52-60(5)6)49-39-31-25-23-27-33-43-53-64-59(63)55(46-35-18-14-10-4)47-37-29-20-16-12-8-2/h54-56H,7-53H2,1-6H3. The van der Waals surface area contributed by atoms with E-state index in [1.807, 2.05) is 0 Å². The maximum atomic E-state index is 13.2. The minimum absolute atomic E-state index is 0.0108. The highest BCUT2D eigenvalue weighted by Gasteiger charge is 2.20. The number of hydrogen-bond donors (Lipinski definition) is 0. The number of rotatable bonds is 53. The highest BCUT2D eigenvalue weighted by Crippen LogP contribution is 2.24. The van der Waals surface area contributed by atoms with E-state index < -0.39 is 0 Å². The van der Waals surface area contributed by atoms with Crippen molar-refractivity contribution in [3.63, 3.8) is 0 Å². The third kappa shape index (κ3) is 44.8. The van der Waals surface area contributed by atoms with Gasteiger partial charge in [0.15, 0.2) is 0 Å². The van der Waals surface area contributed by atoms with E-state index in [1.165, 1.54) is 180 Å². The summed E-state index contributed by atoms with van der Waals surface area (Å²) in [4.78, 5) is 41.2. The molecule has 0 fully saturated rings. The number of carbonyl (C=O) groups is 3. The Morgan fingerprint density at radius 3 is 1.14 bits per heavy atom. The Balaban J connectivity index is 4.45. The van der Waals surface area contributed by atoms with Crippen LogP contribution in [0.3, 0.4) is 0 Å². The number of Topliss-reactive ketones (excluding diaryl/α,β-unsaturated/α-hetero) is 1. The zero-order valence-electron chi connectivity index (χ0n) is 45.0. The average molecular weight is 919 g/mol. The Hall–Kier alpha value is -1.43. The van der Waals surface area contributed by atoms with Crippen LogP contribution in [0.2, 0.25) is 0 Å². The minimum atomic E-state index is -0.0108. The number of ether oxygens (including phenoxy) is 2. The van der Waals surface area contributed by atoms with Crippen LogP contribution >= 0.6 is 0 Å². The summed E-state index contributed by atoms with van der Waals surface area (Å²) in [5.41, 5.74) is 0. The van der Waals surface area contributed by atoms with Gasteiger partial charge in [0.1, 0.15) is 11.9 Å². The molecule has 0 aromatic heterocycles. The molecule has 3 unspecified atom stereocenters. The Morgan fingerprint density at radius 1 is 0.369 bits per heavy atom. The van der Waals surface area contributed by atoms with E-state index in [4.69, 9.17) is 9.47 Å². The lowest BCUT2D eigenvalue weighted by Gasteiger charge is -2.18. The highest BCUT2D eigenvalue weighted by atomic mass is 16.5. The summed E-state index contributed by atoms with van der Waals surface area (Å²) >= 11 is 0. The summed E-state index contributed by atoms with van der Waals surface area (Å²) in [7, 11) is 4.17. The highest BCUT2D eigenvalue weighted by molar-refractivity contribution is 5.80. The van der Waals surface area contributed by atoms with Gasteiger partial charge in [-0.05, 0) is 97.7 Å². The van der Waals surface area contributed by atoms with Gasteiger partial charge < -0.3 is 14.4 Å². The third-order valence-electron chi connectivity index (χ3n) is 14.1. The molecule has 0 saturated heterocycles. The summed E-state index contributed by atoms with van der Waals surface area (Å²) < 4.78 is 11.9. The van der Waals surface area contributed by atoms with Crippen LogP contribution in [-0.4, -0.2) is 56.0 Å². The van der Waals surface area contributed by atoms with E-state index in [-0.39, 0.29) is 24.0 Å². The van der Waals surface area contributed by atoms with Gasteiger partial charge in [-0.1, -0.05) is 227 Å². The third-order valence-corrected chi connectivity index (χ3v) is 14.1. The molecule has 0 spiro atoms. The van der Waals surface area contributed by atoms with Crippen molar-refractivity contribution in [2.45, 2.75) is 323 Å². The Bertz CT molecular complexity index is 951. The van der Waals surface area contributed by atoms with Crippen molar-refractivity contribution in [1.29, 1.82) is 0 Å². The van der Waals surface area contributed by atoms with Crippen LogP contribution in [0, 0.1) is 11.8 Å². The first-order valence-corrected chi connectivity index (χ1v) is 29.3. The van der Waals surface area contributed by atoms with Crippen LogP contribution < -0.4 is 0 Å². The van der Waals surface area contributed by atoms with Crippen molar-refractivity contribution in [3.05, 3.63) is 0 Å². The number of ketones is 1. The molecular weight excluding hydrogens is 803 g/mol. The van der Waals surface area contributed by atoms with Gasteiger partial charge in [-0.15, -0.1) is 0 Å². The predicted molar refractivity (Wildman–Crippen MR) is 282 cm³/mol. The molecule has 6 heteroatoms. The largest absolute Gasteiger partial charge is 0.465 e. The zero-order chi connectivity index (χ0) is 47.7. The van der Waals surface area contributed by atoms with E-state index >= 15 is 0 Å². The summed E-state index contributed by atoms with van der Waals surface area (Å²) in [5, 5.41) is 0. The summed E-state index contributed by atoms with van der Waals surface area (Å²) in [6, 6.07) is 0. The second-order valence-electron chi connectivity index (χ2n) is 20.8. The topological polar surface area (TPSA) is 72.9 Å². The monoisotopic (exact) mass is 918 g/mol. The number of esters is 2. The molecule has 0 saturated carbocycles. The molecule has 6 nitrogen and oxygen atoms in total. The molecule has 65 heavy (non-hydrogen) atoms. The lowest BCUT2D eigenvalue weighted by atomic mass is 9.88. The van der Waals surface area contributed by atoms with Gasteiger partial charge in [-0.2, -0.15) is 0 Å². The molecular formula is C59H115NO5. The van der Waals surface area contributed by atoms with Gasteiger partial charge in [0.05, 0.1) is 12.5 Å². The second kappa shape index (κ2) is 50.4. The average Bonchev–Trinajstić information content (AvgIpc) is 3.29. The number of unbranched alkanes of at least 4 members (excludes halogenated alkanes) is 30. The van der Waals surface area contributed by atoms with E-state index in [0.717, 1.165) is 109 Å². The number of hydrogen-bond acceptors (Lipinski definition) is 6. The Morgan fingerprint density at radius 2 is 0.708 bits per heavy atom. The van der Waals surface area contributed by atoms with Crippen LogP contribution in [0.25, 0.3) is 0 Å². The fourth-order valence-corrected chi connectivity index (χ4v) is 9.61.